The fourth-order valence-electron chi connectivity index (χ4n) is 1.69. The van der Waals surface area contributed by atoms with Crippen LogP contribution >= 0.6 is 11.6 Å². The topological polar surface area (TPSA) is 83.8 Å². The molecule has 1 rings (SSSR count). The Kier molecular flexibility index (Phi) is 5.32. The summed E-state index contributed by atoms with van der Waals surface area (Å²) >= 11 is 6.00. The summed E-state index contributed by atoms with van der Waals surface area (Å²) in [6, 6.07) is 4.53. The lowest BCUT2D eigenvalue weighted by Gasteiger charge is -2.19. The number of hydrogen-bond acceptors (Lipinski definition) is 4. The highest BCUT2D eigenvalue weighted by Crippen LogP contribution is 2.36. The van der Waals surface area contributed by atoms with Crippen LogP contribution in [0.2, 0.25) is 0 Å². The predicted octanol–water partition coefficient (Wildman–Crippen LogP) is 2.07. The van der Waals surface area contributed by atoms with Crippen molar-refractivity contribution in [3.8, 4) is 5.75 Å². The number of aliphatic hydroxyl groups excluding tert-OH is 1. The Morgan fingerprint density at radius 3 is 2.53 bits per heavy atom. The number of carboxylic acids is 1. The first-order chi connectivity index (χ1) is 8.90. The van der Waals surface area contributed by atoms with Gasteiger partial charge in [0.25, 0.3) is 0 Å². The molecule has 0 saturated carbocycles. The van der Waals surface area contributed by atoms with Gasteiger partial charge in [-0.2, -0.15) is 0 Å². The molecular weight excluding hydrogens is 272 g/mol. The van der Waals surface area contributed by atoms with E-state index in [1.165, 1.54) is 13.0 Å². The molecule has 5 nitrogen and oxygen atoms in total. The molecule has 6 heteroatoms. The summed E-state index contributed by atoms with van der Waals surface area (Å²) in [4.78, 5) is 22.3. The average molecular weight is 287 g/mol. The largest absolute Gasteiger partial charge is 0.494 e. The Bertz CT molecular complexity index is 486. The van der Waals surface area contributed by atoms with Crippen LogP contribution in [-0.2, 0) is 9.59 Å². The maximum atomic E-state index is 11.4. The number of halogens is 1. The first-order valence-corrected chi connectivity index (χ1v) is 6.14. The second-order valence-electron chi connectivity index (χ2n) is 3.91. The molecule has 2 unspecified atom stereocenters. The molecule has 0 radical (unpaired) electrons. The van der Waals surface area contributed by atoms with Gasteiger partial charge in [0, 0.05) is 11.1 Å². The SMILES string of the molecule is CCOc1cccc(C(O)C(=O)O)c1C(Cl)C(C)=O. The summed E-state index contributed by atoms with van der Waals surface area (Å²) in [6.07, 6.45) is -1.75. The zero-order valence-corrected chi connectivity index (χ0v) is 11.3. The summed E-state index contributed by atoms with van der Waals surface area (Å²) in [6.45, 7) is 3.37. The van der Waals surface area contributed by atoms with Crippen molar-refractivity contribution in [3.63, 3.8) is 0 Å². The number of carboxylic acid groups (broad SMARTS) is 1. The van der Waals surface area contributed by atoms with Crippen LogP contribution in [0.5, 0.6) is 5.75 Å². The molecule has 0 heterocycles. The second-order valence-corrected chi connectivity index (χ2v) is 4.34. The minimum Gasteiger partial charge on any atom is -0.494 e. The van der Waals surface area contributed by atoms with E-state index in [4.69, 9.17) is 21.4 Å². The normalized spacial score (nSPS) is 13.7. The van der Waals surface area contributed by atoms with E-state index in [0.717, 1.165) is 0 Å². The molecular formula is C13H15ClO5. The van der Waals surface area contributed by atoms with Crippen molar-refractivity contribution in [1.29, 1.82) is 0 Å². The van der Waals surface area contributed by atoms with Crippen LogP contribution in [0, 0.1) is 0 Å². The fourth-order valence-corrected chi connectivity index (χ4v) is 1.92. The first-order valence-electron chi connectivity index (χ1n) is 5.71. The molecule has 0 saturated heterocycles. The zero-order chi connectivity index (χ0) is 14.6. The number of carbonyl (C=O) groups excluding carboxylic acids is 1. The number of alkyl halides is 1. The van der Waals surface area contributed by atoms with E-state index in [-0.39, 0.29) is 16.9 Å². The number of ketones is 1. The van der Waals surface area contributed by atoms with Gasteiger partial charge in [0.05, 0.1) is 6.61 Å². The van der Waals surface area contributed by atoms with Gasteiger partial charge in [0.15, 0.2) is 11.9 Å². The smallest absolute Gasteiger partial charge is 0.337 e. The number of benzene rings is 1. The molecule has 104 valence electrons. The van der Waals surface area contributed by atoms with Crippen LogP contribution in [-0.4, -0.2) is 28.6 Å². The molecule has 19 heavy (non-hydrogen) atoms. The van der Waals surface area contributed by atoms with Crippen molar-refractivity contribution in [3.05, 3.63) is 29.3 Å². The van der Waals surface area contributed by atoms with Gasteiger partial charge in [-0.1, -0.05) is 12.1 Å². The fraction of sp³-hybridized carbons (Fsp3) is 0.385. The van der Waals surface area contributed by atoms with Gasteiger partial charge >= 0.3 is 5.97 Å². The van der Waals surface area contributed by atoms with Crippen molar-refractivity contribution < 1.29 is 24.5 Å². The van der Waals surface area contributed by atoms with Crippen molar-refractivity contribution in [2.24, 2.45) is 0 Å². The molecule has 0 aliphatic carbocycles. The van der Waals surface area contributed by atoms with Crippen molar-refractivity contribution in [2.75, 3.05) is 6.61 Å². The van der Waals surface area contributed by atoms with Crippen LogP contribution in [0.3, 0.4) is 0 Å². The highest BCUT2D eigenvalue weighted by molar-refractivity contribution is 6.31. The molecule has 0 aliphatic rings. The van der Waals surface area contributed by atoms with E-state index in [1.54, 1.807) is 19.1 Å². The van der Waals surface area contributed by atoms with Crippen LogP contribution in [0.15, 0.2) is 18.2 Å². The van der Waals surface area contributed by atoms with Gasteiger partial charge in [-0.25, -0.2) is 4.79 Å². The van der Waals surface area contributed by atoms with Gasteiger partial charge in [0.2, 0.25) is 0 Å². The third-order valence-corrected chi connectivity index (χ3v) is 3.06. The van der Waals surface area contributed by atoms with Gasteiger partial charge in [-0.3, -0.25) is 4.79 Å². The molecule has 0 aromatic heterocycles. The molecule has 0 fully saturated rings. The maximum absolute atomic E-state index is 11.4. The lowest BCUT2D eigenvalue weighted by atomic mass is 9.97. The minimum absolute atomic E-state index is 0.0636. The van der Waals surface area contributed by atoms with Gasteiger partial charge in [-0.15, -0.1) is 11.6 Å². The zero-order valence-electron chi connectivity index (χ0n) is 10.6. The molecule has 0 spiro atoms. The van der Waals surface area contributed by atoms with Gasteiger partial charge in [0.1, 0.15) is 11.1 Å². The van der Waals surface area contributed by atoms with E-state index in [9.17, 15) is 14.7 Å². The third-order valence-electron chi connectivity index (χ3n) is 2.54. The number of Topliss-reactive ketones (excluding diaryl/α,β-unsaturated/α-hetero) is 1. The third kappa shape index (κ3) is 3.45. The monoisotopic (exact) mass is 286 g/mol. The molecule has 0 amide bonds. The standard InChI is InChI=1S/C13H15ClO5/c1-3-19-9-6-4-5-8(12(16)13(17)18)10(9)11(14)7(2)15/h4-6,11-12,16H,3H2,1-2H3,(H,17,18). The average Bonchev–Trinajstić information content (AvgIpc) is 2.37. The Hall–Kier alpha value is -1.59. The summed E-state index contributed by atoms with van der Waals surface area (Å²) in [5.41, 5.74) is 0.266. The van der Waals surface area contributed by atoms with Gasteiger partial charge < -0.3 is 14.9 Å². The number of carbonyl (C=O) groups is 2. The number of aliphatic carboxylic acids is 1. The summed E-state index contributed by atoms with van der Waals surface area (Å²) in [5.74, 6) is -1.47. The van der Waals surface area contributed by atoms with E-state index in [1.807, 2.05) is 0 Å². The Morgan fingerprint density at radius 1 is 1.42 bits per heavy atom. The van der Waals surface area contributed by atoms with Crippen LogP contribution in [0.25, 0.3) is 0 Å². The highest BCUT2D eigenvalue weighted by atomic mass is 35.5. The quantitative estimate of drug-likeness (QED) is 0.782. The molecule has 2 atom stereocenters. The summed E-state index contributed by atoms with van der Waals surface area (Å²) in [7, 11) is 0. The van der Waals surface area contributed by atoms with Crippen LogP contribution < -0.4 is 4.74 Å². The lowest BCUT2D eigenvalue weighted by Crippen LogP contribution is -2.16. The maximum Gasteiger partial charge on any atom is 0.337 e. The lowest BCUT2D eigenvalue weighted by molar-refractivity contribution is -0.147. The predicted molar refractivity (Wildman–Crippen MR) is 69.5 cm³/mol. The van der Waals surface area contributed by atoms with E-state index in [0.29, 0.717) is 12.4 Å². The summed E-state index contributed by atoms with van der Waals surface area (Å²) in [5, 5.41) is 17.5. The van der Waals surface area contributed by atoms with E-state index >= 15 is 0 Å². The number of aliphatic hydroxyl groups is 1. The van der Waals surface area contributed by atoms with Crippen molar-refractivity contribution >= 4 is 23.4 Å². The minimum atomic E-state index is -1.75. The Morgan fingerprint density at radius 2 is 2.05 bits per heavy atom. The van der Waals surface area contributed by atoms with Crippen molar-refractivity contribution in [2.45, 2.75) is 25.3 Å². The Balaban J connectivity index is 3.41. The highest BCUT2D eigenvalue weighted by Gasteiger charge is 2.28. The molecule has 0 aliphatic heterocycles. The number of hydrogen-bond donors (Lipinski definition) is 2. The molecule has 2 N–H and O–H groups in total. The van der Waals surface area contributed by atoms with Gasteiger partial charge in [-0.05, 0) is 19.9 Å². The van der Waals surface area contributed by atoms with E-state index < -0.39 is 17.5 Å². The number of ether oxygens (including phenoxy) is 1. The molecule has 0 bridgehead atoms. The molecule has 1 aromatic carbocycles. The molecule has 1 aromatic rings. The Labute approximate surface area is 115 Å². The van der Waals surface area contributed by atoms with E-state index in [2.05, 4.69) is 0 Å². The summed E-state index contributed by atoms with van der Waals surface area (Å²) < 4.78 is 5.34. The number of rotatable bonds is 6. The van der Waals surface area contributed by atoms with Crippen LogP contribution in [0.1, 0.15) is 36.5 Å². The van der Waals surface area contributed by atoms with Crippen LogP contribution in [0.4, 0.5) is 0 Å². The first kappa shape index (κ1) is 15.5. The van der Waals surface area contributed by atoms with Crippen molar-refractivity contribution in [1.82, 2.24) is 0 Å². The second kappa shape index (κ2) is 6.54.